The summed E-state index contributed by atoms with van der Waals surface area (Å²) < 4.78 is 6.65. The Bertz CT molecular complexity index is 780. The molecule has 27 heavy (non-hydrogen) atoms. The van der Waals surface area contributed by atoms with Crippen molar-refractivity contribution < 1.29 is 14.3 Å². The zero-order chi connectivity index (χ0) is 19.8. The van der Waals surface area contributed by atoms with Crippen LogP contribution in [0.4, 0.5) is 0 Å². The topological polar surface area (TPSA) is 58.6 Å². The number of nitrogens with one attached hydrogen (secondary N) is 1. The summed E-state index contributed by atoms with van der Waals surface area (Å²) in [6.45, 7) is 6.28. The van der Waals surface area contributed by atoms with Crippen molar-refractivity contribution >= 4 is 27.7 Å². The van der Waals surface area contributed by atoms with Crippen molar-refractivity contribution in [3.63, 3.8) is 0 Å². The largest absolute Gasteiger partial charge is 0.484 e. The van der Waals surface area contributed by atoms with Gasteiger partial charge in [0.25, 0.3) is 5.91 Å². The lowest BCUT2D eigenvalue weighted by Crippen LogP contribution is -2.49. The van der Waals surface area contributed by atoms with Crippen molar-refractivity contribution in [2.75, 3.05) is 13.2 Å². The number of ether oxygens (including phenoxy) is 1. The van der Waals surface area contributed by atoms with E-state index in [1.54, 1.807) is 17.9 Å². The van der Waals surface area contributed by atoms with Gasteiger partial charge in [0.05, 0.1) is 0 Å². The van der Waals surface area contributed by atoms with Gasteiger partial charge in [0, 0.05) is 17.6 Å². The number of carbonyl (C=O) groups is 2. The second kappa shape index (κ2) is 10.1. The highest BCUT2D eigenvalue weighted by Crippen LogP contribution is 2.21. The van der Waals surface area contributed by atoms with Crippen LogP contribution in [0.2, 0.25) is 0 Å². The molecule has 0 aliphatic heterocycles. The SMILES string of the molecule is CCNC(=O)C(C)N(Cc1ccccc1)C(=O)COc1ccc(Br)c(C)c1. The number of rotatable bonds is 8. The number of amides is 2. The summed E-state index contributed by atoms with van der Waals surface area (Å²) in [5, 5.41) is 2.78. The molecule has 1 unspecified atom stereocenters. The molecule has 0 bridgehead atoms. The van der Waals surface area contributed by atoms with Crippen LogP contribution in [0.3, 0.4) is 0 Å². The molecule has 0 heterocycles. The molecule has 0 saturated heterocycles. The predicted molar refractivity (Wildman–Crippen MR) is 110 cm³/mol. The van der Waals surface area contributed by atoms with E-state index in [4.69, 9.17) is 4.74 Å². The van der Waals surface area contributed by atoms with Gasteiger partial charge in [-0.2, -0.15) is 0 Å². The maximum absolute atomic E-state index is 12.8. The van der Waals surface area contributed by atoms with Gasteiger partial charge in [-0.3, -0.25) is 9.59 Å². The number of nitrogens with zero attached hydrogens (tertiary/aromatic N) is 1. The van der Waals surface area contributed by atoms with Crippen LogP contribution >= 0.6 is 15.9 Å². The standard InChI is InChI=1S/C21H25BrN2O3/c1-4-23-21(26)16(3)24(13-17-8-6-5-7-9-17)20(25)14-27-18-10-11-19(22)15(2)12-18/h5-12,16H,4,13-14H2,1-3H3,(H,23,26). The number of benzene rings is 2. The van der Waals surface area contributed by atoms with Crippen LogP contribution in [0.25, 0.3) is 0 Å². The first-order valence-corrected chi connectivity index (χ1v) is 9.71. The third kappa shape index (κ3) is 6.10. The molecule has 2 aromatic carbocycles. The van der Waals surface area contributed by atoms with Gasteiger partial charge in [-0.1, -0.05) is 46.3 Å². The molecule has 0 saturated carbocycles. The smallest absolute Gasteiger partial charge is 0.261 e. The van der Waals surface area contributed by atoms with Crippen LogP contribution in [-0.4, -0.2) is 35.9 Å². The normalized spacial score (nSPS) is 11.6. The molecule has 0 radical (unpaired) electrons. The van der Waals surface area contributed by atoms with Crippen LogP contribution in [0.15, 0.2) is 53.0 Å². The first kappa shape index (κ1) is 21.0. The second-order valence-electron chi connectivity index (χ2n) is 6.28. The Morgan fingerprint density at radius 1 is 1.19 bits per heavy atom. The molecule has 2 amide bonds. The fraction of sp³-hybridized carbons (Fsp3) is 0.333. The van der Waals surface area contributed by atoms with Crippen LogP contribution in [0.5, 0.6) is 5.75 Å². The molecule has 0 aliphatic carbocycles. The second-order valence-corrected chi connectivity index (χ2v) is 7.13. The number of likely N-dealkylation sites (N-methyl/N-ethyl adjacent to an activating group) is 1. The number of aryl methyl sites for hydroxylation is 1. The minimum Gasteiger partial charge on any atom is -0.484 e. The molecule has 2 aromatic rings. The zero-order valence-electron chi connectivity index (χ0n) is 15.9. The Balaban J connectivity index is 2.11. The van der Waals surface area contributed by atoms with Gasteiger partial charge in [0.1, 0.15) is 11.8 Å². The van der Waals surface area contributed by atoms with Gasteiger partial charge in [-0.25, -0.2) is 0 Å². The lowest BCUT2D eigenvalue weighted by atomic mass is 10.1. The van der Waals surface area contributed by atoms with E-state index >= 15 is 0 Å². The summed E-state index contributed by atoms with van der Waals surface area (Å²) in [7, 11) is 0. The van der Waals surface area contributed by atoms with Crippen molar-refractivity contribution in [3.8, 4) is 5.75 Å². The highest BCUT2D eigenvalue weighted by Gasteiger charge is 2.26. The van der Waals surface area contributed by atoms with E-state index in [2.05, 4.69) is 21.2 Å². The maximum Gasteiger partial charge on any atom is 0.261 e. The minimum atomic E-state index is -0.590. The maximum atomic E-state index is 12.8. The fourth-order valence-electron chi connectivity index (χ4n) is 2.62. The van der Waals surface area contributed by atoms with Crippen molar-refractivity contribution in [3.05, 3.63) is 64.1 Å². The van der Waals surface area contributed by atoms with E-state index in [1.807, 2.05) is 56.3 Å². The monoisotopic (exact) mass is 432 g/mol. The van der Waals surface area contributed by atoms with E-state index in [0.29, 0.717) is 18.8 Å². The lowest BCUT2D eigenvalue weighted by Gasteiger charge is -2.28. The summed E-state index contributed by atoms with van der Waals surface area (Å²) in [6, 6.07) is 14.6. The quantitative estimate of drug-likeness (QED) is 0.691. The van der Waals surface area contributed by atoms with Crippen LogP contribution < -0.4 is 10.1 Å². The van der Waals surface area contributed by atoms with Gasteiger partial charge in [-0.05, 0) is 50.1 Å². The molecule has 6 heteroatoms. The van der Waals surface area contributed by atoms with Gasteiger partial charge in [-0.15, -0.1) is 0 Å². The van der Waals surface area contributed by atoms with E-state index in [1.165, 1.54) is 0 Å². The first-order valence-electron chi connectivity index (χ1n) is 8.92. The van der Waals surface area contributed by atoms with Gasteiger partial charge in [0.2, 0.25) is 5.91 Å². The predicted octanol–water partition coefficient (Wildman–Crippen LogP) is 3.69. The van der Waals surface area contributed by atoms with E-state index in [0.717, 1.165) is 15.6 Å². The Hall–Kier alpha value is -2.34. The molecular formula is C21H25BrN2O3. The third-order valence-corrected chi connectivity index (χ3v) is 5.10. The van der Waals surface area contributed by atoms with Crippen LogP contribution in [0, 0.1) is 6.92 Å². The Kier molecular flexibility index (Phi) is 7.85. The van der Waals surface area contributed by atoms with Crippen molar-refractivity contribution in [1.29, 1.82) is 0 Å². The molecule has 2 rings (SSSR count). The Morgan fingerprint density at radius 2 is 1.89 bits per heavy atom. The van der Waals surface area contributed by atoms with Crippen LogP contribution in [0.1, 0.15) is 25.0 Å². The minimum absolute atomic E-state index is 0.127. The highest BCUT2D eigenvalue weighted by molar-refractivity contribution is 9.10. The Morgan fingerprint density at radius 3 is 2.52 bits per heavy atom. The average molecular weight is 433 g/mol. The van der Waals surface area contributed by atoms with Crippen molar-refractivity contribution in [2.24, 2.45) is 0 Å². The number of hydrogen-bond acceptors (Lipinski definition) is 3. The molecule has 0 aromatic heterocycles. The Labute approximate surface area is 168 Å². The fourth-order valence-corrected chi connectivity index (χ4v) is 2.87. The molecule has 0 spiro atoms. The lowest BCUT2D eigenvalue weighted by molar-refractivity contribution is -0.142. The summed E-state index contributed by atoms with van der Waals surface area (Å²) in [5.41, 5.74) is 1.98. The summed E-state index contributed by atoms with van der Waals surface area (Å²) >= 11 is 3.44. The summed E-state index contributed by atoms with van der Waals surface area (Å²) in [6.07, 6.45) is 0. The average Bonchev–Trinajstić information content (AvgIpc) is 2.67. The number of carbonyl (C=O) groups excluding carboxylic acids is 2. The van der Waals surface area contributed by atoms with Gasteiger partial charge >= 0.3 is 0 Å². The molecule has 0 aliphatic rings. The molecule has 0 fully saturated rings. The van der Waals surface area contributed by atoms with E-state index < -0.39 is 6.04 Å². The van der Waals surface area contributed by atoms with Crippen LogP contribution in [-0.2, 0) is 16.1 Å². The molecule has 1 atom stereocenters. The molecule has 144 valence electrons. The molecule has 5 nitrogen and oxygen atoms in total. The van der Waals surface area contributed by atoms with E-state index in [-0.39, 0.29) is 18.4 Å². The number of hydrogen-bond donors (Lipinski definition) is 1. The van der Waals surface area contributed by atoms with Gasteiger partial charge < -0.3 is 15.0 Å². The van der Waals surface area contributed by atoms with Gasteiger partial charge in [0.15, 0.2) is 6.61 Å². The zero-order valence-corrected chi connectivity index (χ0v) is 17.5. The van der Waals surface area contributed by atoms with E-state index in [9.17, 15) is 9.59 Å². The summed E-state index contributed by atoms with van der Waals surface area (Å²) in [5.74, 6) is 0.203. The van der Waals surface area contributed by atoms with Crippen molar-refractivity contribution in [2.45, 2.75) is 33.4 Å². The van der Waals surface area contributed by atoms with Crippen molar-refractivity contribution in [1.82, 2.24) is 10.2 Å². The highest BCUT2D eigenvalue weighted by atomic mass is 79.9. The molecule has 1 N–H and O–H groups in total. The molecular weight excluding hydrogens is 408 g/mol. The first-order chi connectivity index (χ1) is 12.9. The number of halogens is 1. The third-order valence-electron chi connectivity index (χ3n) is 4.21. The summed E-state index contributed by atoms with van der Waals surface area (Å²) in [4.78, 5) is 26.7.